The normalized spacial score (nSPS) is 13.3. The number of halogens is 5. The first-order valence-electron chi connectivity index (χ1n) is 5.65. The highest BCUT2D eigenvalue weighted by Crippen LogP contribution is 2.35. The van der Waals surface area contributed by atoms with Gasteiger partial charge < -0.3 is 5.32 Å². The second-order valence-electron chi connectivity index (χ2n) is 4.19. The van der Waals surface area contributed by atoms with Crippen molar-refractivity contribution in [1.82, 2.24) is 0 Å². The van der Waals surface area contributed by atoms with E-state index in [2.05, 4.69) is 21.2 Å². The van der Waals surface area contributed by atoms with Crippen LogP contribution in [-0.4, -0.2) is 0 Å². The zero-order valence-corrected chi connectivity index (χ0v) is 12.7. The maximum absolute atomic E-state index is 13.2. The molecule has 0 radical (unpaired) electrons. The molecule has 0 aliphatic heterocycles. The van der Waals surface area contributed by atoms with Gasteiger partial charge in [0.15, 0.2) is 0 Å². The first kappa shape index (κ1) is 15.3. The lowest BCUT2D eigenvalue weighted by molar-refractivity contribution is -0.139. The number of alkyl halides is 3. The Labute approximate surface area is 125 Å². The molecule has 2 rings (SSSR count). The summed E-state index contributed by atoms with van der Waals surface area (Å²) < 4.78 is 52.0. The van der Waals surface area contributed by atoms with Crippen LogP contribution in [0.25, 0.3) is 0 Å². The highest BCUT2D eigenvalue weighted by Gasteiger charge is 2.34. The van der Waals surface area contributed by atoms with E-state index in [1.54, 1.807) is 0 Å². The second-order valence-corrected chi connectivity index (χ2v) is 5.99. The molecule has 0 bridgehead atoms. The van der Waals surface area contributed by atoms with Crippen molar-refractivity contribution in [2.45, 2.75) is 19.1 Å². The predicted molar refractivity (Wildman–Crippen MR) is 75.5 cm³/mol. The fourth-order valence-electron chi connectivity index (χ4n) is 1.76. The predicted octanol–water partition coefficient (Wildman–Crippen LogP) is 5.84. The Hall–Kier alpha value is -1.08. The van der Waals surface area contributed by atoms with E-state index in [-0.39, 0.29) is 11.7 Å². The Bertz CT molecular complexity index is 609. The quantitative estimate of drug-likeness (QED) is 0.671. The monoisotopic (exact) mass is 367 g/mol. The van der Waals surface area contributed by atoms with Gasteiger partial charge in [0.2, 0.25) is 0 Å². The molecule has 0 fully saturated rings. The number of nitrogens with one attached hydrogen (secondary N) is 1. The topological polar surface area (TPSA) is 12.0 Å². The average molecular weight is 368 g/mol. The van der Waals surface area contributed by atoms with E-state index in [1.807, 2.05) is 18.4 Å². The molecule has 0 amide bonds. The van der Waals surface area contributed by atoms with Gasteiger partial charge in [0.05, 0.1) is 11.6 Å². The summed E-state index contributed by atoms with van der Waals surface area (Å²) in [6.45, 7) is 1.83. The standard InChI is InChI=1S/C13H10BrF4NS/c1-7(12-10(14)4-5-20-12)19-8-2-3-11(15)9(6-8)13(16,17)18/h2-7,19H,1H3. The van der Waals surface area contributed by atoms with E-state index < -0.39 is 17.6 Å². The van der Waals surface area contributed by atoms with Crippen molar-refractivity contribution in [2.75, 3.05) is 5.32 Å². The maximum atomic E-state index is 13.2. The SMILES string of the molecule is CC(Nc1ccc(F)c(C(F)(F)F)c1)c1sccc1Br. The highest BCUT2D eigenvalue weighted by molar-refractivity contribution is 9.10. The molecule has 2 aromatic rings. The molecule has 7 heteroatoms. The molecule has 0 spiro atoms. The largest absolute Gasteiger partial charge is 0.419 e. The van der Waals surface area contributed by atoms with Gasteiger partial charge in [-0.15, -0.1) is 11.3 Å². The van der Waals surface area contributed by atoms with E-state index in [9.17, 15) is 17.6 Å². The van der Waals surface area contributed by atoms with Gasteiger partial charge in [-0.05, 0) is 52.5 Å². The Kier molecular flexibility index (Phi) is 4.39. The van der Waals surface area contributed by atoms with Crippen LogP contribution in [0.5, 0.6) is 0 Å². The molecule has 1 heterocycles. The number of rotatable bonds is 3. The summed E-state index contributed by atoms with van der Waals surface area (Å²) in [6.07, 6.45) is -4.70. The van der Waals surface area contributed by atoms with E-state index in [1.165, 1.54) is 17.4 Å². The zero-order valence-electron chi connectivity index (χ0n) is 10.3. The first-order chi connectivity index (χ1) is 9.29. The Morgan fingerprint density at radius 2 is 1.95 bits per heavy atom. The molecular formula is C13H10BrF4NS. The molecule has 1 N–H and O–H groups in total. The van der Waals surface area contributed by atoms with Crippen LogP contribution < -0.4 is 5.32 Å². The summed E-state index contributed by atoms with van der Waals surface area (Å²) in [5, 5.41) is 4.82. The summed E-state index contributed by atoms with van der Waals surface area (Å²) in [6, 6.07) is 4.58. The summed E-state index contributed by atoms with van der Waals surface area (Å²) in [4.78, 5) is 0.961. The first-order valence-corrected chi connectivity index (χ1v) is 7.32. The molecule has 20 heavy (non-hydrogen) atoms. The fraction of sp³-hybridized carbons (Fsp3) is 0.231. The van der Waals surface area contributed by atoms with Gasteiger partial charge in [0.25, 0.3) is 0 Å². The number of benzene rings is 1. The Morgan fingerprint density at radius 3 is 2.50 bits per heavy atom. The van der Waals surface area contributed by atoms with E-state index >= 15 is 0 Å². The van der Waals surface area contributed by atoms with Crippen molar-refractivity contribution >= 4 is 33.0 Å². The third-order valence-electron chi connectivity index (χ3n) is 2.69. The van der Waals surface area contributed by atoms with Crippen LogP contribution in [0.1, 0.15) is 23.4 Å². The molecular weight excluding hydrogens is 358 g/mol. The van der Waals surface area contributed by atoms with Gasteiger partial charge in [-0.3, -0.25) is 0 Å². The van der Waals surface area contributed by atoms with Crippen molar-refractivity contribution < 1.29 is 17.6 Å². The van der Waals surface area contributed by atoms with Crippen LogP contribution in [0, 0.1) is 5.82 Å². The lowest BCUT2D eigenvalue weighted by Gasteiger charge is -2.16. The third kappa shape index (κ3) is 3.32. The average Bonchev–Trinajstić information content (AvgIpc) is 2.76. The number of hydrogen-bond donors (Lipinski definition) is 1. The fourth-order valence-corrected chi connectivity index (χ4v) is 3.49. The van der Waals surface area contributed by atoms with Crippen molar-refractivity contribution in [1.29, 1.82) is 0 Å². The van der Waals surface area contributed by atoms with Crippen LogP contribution in [0.15, 0.2) is 34.1 Å². The molecule has 0 aliphatic rings. The lowest BCUT2D eigenvalue weighted by Crippen LogP contribution is -2.11. The number of anilines is 1. The molecule has 0 saturated carbocycles. The van der Waals surface area contributed by atoms with Crippen LogP contribution in [-0.2, 0) is 6.18 Å². The number of hydrogen-bond acceptors (Lipinski definition) is 2. The minimum absolute atomic E-state index is 0.184. The van der Waals surface area contributed by atoms with Crippen LogP contribution in [0.2, 0.25) is 0 Å². The van der Waals surface area contributed by atoms with Crippen molar-refractivity contribution in [3.63, 3.8) is 0 Å². The summed E-state index contributed by atoms with van der Waals surface area (Å²) in [7, 11) is 0. The second kappa shape index (κ2) is 5.73. The molecule has 1 atom stereocenters. The Morgan fingerprint density at radius 1 is 1.25 bits per heavy atom. The van der Waals surface area contributed by atoms with Gasteiger partial charge in [-0.1, -0.05) is 0 Å². The summed E-state index contributed by atoms with van der Waals surface area (Å²) >= 11 is 4.85. The number of thiophene rings is 1. The minimum atomic E-state index is -4.70. The van der Waals surface area contributed by atoms with E-state index in [0.717, 1.165) is 21.5 Å². The molecule has 1 unspecified atom stereocenters. The van der Waals surface area contributed by atoms with Crippen LogP contribution in [0.3, 0.4) is 0 Å². The maximum Gasteiger partial charge on any atom is 0.419 e. The molecule has 1 nitrogen and oxygen atoms in total. The molecule has 0 aliphatic carbocycles. The lowest BCUT2D eigenvalue weighted by atomic mass is 10.1. The zero-order chi connectivity index (χ0) is 14.9. The smallest absolute Gasteiger partial charge is 0.378 e. The summed E-state index contributed by atoms with van der Waals surface area (Å²) in [5.41, 5.74) is -1.04. The molecule has 108 valence electrons. The molecule has 1 aromatic heterocycles. The highest BCUT2D eigenvalue weighted by atomic mass is 79.9. The van der Waals surface area contributed by atoms with Gasteiger partial charge >= 0.3 is 6.18 Å². The van der Waals surface area contributed by atoms with Gasteiger partial charge in [-0.2, -0.15) is 13.2 Å². The third-order valence-corrected chi connectivity index (χ3v) is 4.75. The van der Waals surface area contributed by atoms with Gasteiger partial charge in [0, 0.05) is 15.0 Å². The van der Waals surface area contributed by atoms with Crippen LogP contribution >= 0.6 is 27.3 Å². The van der Waals surface area contributed by atoms with Gasteiger partial charge in [-0.25, -0.2) is 4.39 Å². The summed E-state index contributed by atoms with van der Waals surface area (Å²) in [5.74, 6) is -1.27. The molecule has 0 saturated heterocycles. The van der Waals surface area contributed by atoms with Crippen molar-refractivity contribution in [3.8, 4) is 0 Å². The van der Waals surface area contributed by atoms with Gasteiger partial charge in [0.1, 0.15) is 5.82 Å². The van der Waals surface area contributed by atoms with Crippen molar-refractivity contribution in [3.05, 3.63) is 50.4 Å². The van der Waals surface area contributed by atoms with E-state index in [0.29, 0.717) is 0 Å². The molecule has 1 aromatic carbocycles. The van der Waals surface area contributed by atoms with E-state index in [4.69, 9.17) is 0 Å². The Balaban J connectivity index is 2.25. The van der Waals surface area contributed by atoms with Crippen molar-refractivity contribution in [2.24, 2.45) is 0 Å². The van der Waals surface area contributed by atoms with Crippen LogP contribution in [0.4, 0.5) is 23.2 Å². The minimum Gasteiger partial charge on any atom is -0.378 e.